The van der Waals surface area contributed by atoms with E-state index in [0.29, 0.717) is 28.4 Å². The topological polar surface area (TPSA) is 95.5 Å². The number of esters is 1. The lowest BCUT2D eigenvalue weighted by molar-refractivity contribution is -0.123. The van der Waals surface area contributed by atoms with Gasteiger partial charge in [0.05, 0.1) is 26.0 Å². The van der Waals surface area contributed by atoms with Gasteiger partial charge in [-0.15, -0.1) is 0 Å². The normalized spacial score (nSPS) is 10.7. The second kappa shape index (κ2) is 11.5. The number of ether oxygens (including phenoxy) is 4. The Morgan fingerprint density at radius 1 is 0.833 bits per heavy atom. The molecule has 4 aromatic rings. The Morgan fingerprint density at radius 2 is 1.61 bits per heavy atom. The monoisotopic (exact) mass is 484 g/mol. The van der Waals surface area contributed by atoms with Crippen LogP contribution < -0.4 is 24.4 Å². The Hall–Kier alpha value is -4.85. The fourth-order valence-electron chi connectivity index (χ4n) is 3.41. The zero-order valence-corrected chi connectivity index (χ0v) is 19.8. The number of rotatable bonds is 9. The molecule has 4 aromatic carbocycles. The highest BCUT2D eigenvalue weighted by Crippen LogP contribution is 2.29. The predicted octanol–water partition coefficient (Wildman–Crippen LogP) is 4.61. The van der Waals surface area contributed by atoms with Gasteiger partial charge in [-0.05, 0) is 59.5 Å². The van der Waals surface area contributed by atoms with Crippen molar-refractivity contribution in [3.05, 3.63) is 96.1 Å². The van der Waals surface area contributed by atoms with Crippen LogP contribution in [-0.2, 0) is 4.79 Å². The molecular formula is C28H24N2O6. The minimum absolute atomic E-state index is 0.186. The number of nitrogens with one attached hydrogen (secondary N) is 1. The van der Waals surface area contributed by atoms with Crippen LogP contribution in [-0.4, -0.2) is 38.9 Å². The molecule has 0 saturated heterocycles. The molecule has 1 N–H and O–H groups in total. The van der Waals surface area contributed by atoms with E-state index in [1.807, 2.05) is 42.5 Å². The lowest BCUT2D eigenvalue weighted by Gasteiger charge is -2.10. The summed E-state index contributed by atoms with van der Waals surface area (Å²) in [6.07, 6.45) is 1.45. The third kappa shape index (κ3) is 5.98. The van der Waals surface area contributed by atoms with Gasteiger partial charge in [0, 0.05) is 5.39 Å². The zero-order valence-electron chi connectivity index (χ0n) is 19.8. The molecule has 0 atom stereocenters. The molecule has 36 heavy (non-hydrogen) atoms. The molecule has 0 aliphatic heterocycles. The summed E-state index contributed by atoms with van der Waals surface area (Å²) in [5.74, 6) is 0.915. The Balaban J connectivity index is 1.33. The number of hydrogen-bond donors (Lipinski definition) is 1. The number of fused-ring (bicyclic) bond motifs is 1. The molecule has 0 saturated carbocycles. The standard InChI is InChI=1S/C28H24N2O6/c1-33-22-13-11-21(12-14-22)28(32)36-25-15-10-19(16-26(25)34-2)17-29-30-27(31)18-35-24-9-5-7-20-6-3-4-8-23(20)24/h3-17H,18H2,1-2H3,(H,30,31)/b29-17-. The van der Waals surface area contributed by atoms with Crippen molar-refractivity contribution in [2.75, 3.05) is 20.8 Å². The zero-order chi connectivity index (χ0) is 25.3. The highest BCUT2D eigenvalue weighted by atomic mass is 16.6. The second-order valence-electron chi connectivity index (χ2n) is 7.59. The van der Waals surface area contributed by atoms with E-state index in [9.17, 15) is 9.59 Å². The number of benzene rings is 4. The number of hydrazone groups is 1. The van der Waals surface area contributed by atoms with Gasteiger partial charge < -0.3 is 18.9 Å². The van der Waals surface area contributed by atoms with E-state index in [1.54, 1.807) is 49.6 Å². The van der Waals surface area contributed by atoms with Crippen molar-refractivity contribution >= 4 is 28.9 Å². The van der Waals surface area contributed by atoms with Crippen LogP contribution in [0.5, 0.6) is 23.0 Å². The lowest BCUT2D eigenvalue weighted by atomic mass is 10.1. The summed E-state index contributed by atoms with van der Waals surface area (Å²) in [7, 11) is 3.02. The smallest absolute Gasteiger partial charge is 0.343 e. The summed E-state index contributed by atoms with van der Waals surface area (Å²) in [6, 6.07) is 24.9. The fourth-order valence-corrected chi connectivity index (χ4v) is 3.41. The minimum atomic E-state index is -0.532. The van der Waals surface area contributed by atoms with E-state index in [2.05, 4.69) is 10.5 Å². The van der Waals surface area contributed by atoms with E-state index in [-0.39, 0.29) is 12.4 Å². The molecule has 0 aliphatic carbocycles. The largest absolute Gasteiger partial charge is 0.497 e. The van der Waals surface area contributed by atoms with Crippen LogP contribution in [0.4, 0.5) is 0 Å². The van der Waals surface area contributed by atoms with Gasteiger partial charge in [-0.25, -0.2) is 10.2 Å². The second-order valence-corrected chi connectivity index (χ2v) is 7.59. The van der Waals surface area contributed by atoms with Crippen molar-refractivity contribution in [2.45, 2.75) is 0 Å². The fraction of sp³-hybridized carbons (Fsp3) is 0.107. The Bertz CT molecular complexity index is 1390. The van der Waals surface area contributed by atoms with Gasteiger partial charge in [0.25, 0.3) is 5.91 Å². The number of amides is 1. The van der Waals surface area contributed by atoms with Gasteiger partial charge in [-0.3, -0.25) is 4.79 Å². The average molecular weight is 485 g/mol. The molecule has 4 rings (SSSR count). The summed E-state index contributed by atoms with van der Waals surface area (Å²) < 4.78 is 21.6. The molecule has 0 heterocycles. The van der Waals surface area contributed by atoms with Gasteiger partial charge in [-0.1, -0.05) is 36.4 Å². The molecule has 0 radical (unpaired) electrons. The number of methoxy groups -OCH3 is 2. The van der Waals surface area contributed by atoms with Crippen molar-refractivity contribution in [3.8, 4) is 23.0 Å². The van der Waals surface area contributed by atoms with Crippen LogP contribution in [0.3, 0.4) is 0 Å². The number of carbonyl (C=O) groups excluding carboxylic acids is 2. The summed E-state index contributed by atoms with van der Waals surface area (Å²) in [5.41, 5.74) is 3.44. The number of hydrogen-bond acceptors (Lipinski definition) is 7. The first-order valence-electron chi connectivity index (χ1n) is 11.0. The SMILES string of the molecule is COc1ccc(C(=O)Oc2ccc(/C=N\NC(=O)COc3cccc4ccccc34)cc2OC)cc1. The van der Waals surface area contributed by atoms with Gasteiger partial charge in [0.1, 0.15) is 11.5 Å². The quantitative estimate of drug-likeness (QED) is 0.161. The lowest BCUT2D eigenvalue weighted by Crippen LogP contribution is -2.24. The van der Waals surface area contributed by atoms with E-state index in [0.717, 1.165) is 10.8 Å². The number of nitrogens with zero attached hydrogens (tertiary/aromatic N) is 1. The Labute approximate surface area is 208 Å². The summed E-state index contributed by atoms with van der Waals surface area (Å²) >= 11 is 0. The average Bonchev–Trinajstić information content (AvgIpc) is 2.92. The molecule has 8 nitrogen and oxygen atoms in total. The van der Waals surface area contributed by atoms with E-state index >= 15 is 0 Å². The molecule has 182 valence electrons. The Morgan fingerprint density at radius 3 is 2.39 bits per heavy atom. The first kappa shape index (κ1) is 24.3. The summed E-state index contributed by atoms with van der Waals surface area (Å²) in [5, 5.41) is 5.92. The molecule has 0 aliphatic rings. The molecular weight excluding hydrogens is 460 g/mol. The van der Waals surface area contributed by atoms with Crippen LogP contribution >= 0.6 is 0 Å². The van der Waals surface area contributed by atoms with Crippen LogP contribution in [0.15, 0.2) is 90.0 Å². The maximum atomic E-state index is 12.4. The van der Waals surface area contributed by atoms with Crippen molar-refractivity contribution in [3.63, 3.8) is 0 Å². The van der Waals surface area contributed by atoms with Crippen molar-refractivity contribution < 1.29 is 28.5 Å². The maximum Gasteiger partial charge on any atom is 0.343 e. The first-order chi connectivity index (χ1) is 17.6. The highest BCUT2D eigenvalue weighted by Gasteiger charge is 2.13. The maximum absolute atomic E-state index is 12.4. The molecule has 0 spiro atoms. The first-order valence-corrected chi connectivity index (χ1v) is 11.0. The predicted molar refractivity (Wildman–Crippen MR) is 136 cm³/mol. The molecule has 0 unspecified atom stereocenters. The van der Waals surface area contributed by atoms with Gasteiger partial charge in [-0.2, -0.15) is 5.10 Å². The minimum Gasteiger partial charge on any atom is -0.497 e. The molecule has 1 amide bonds. The van der Waals surface area contributed by atoms with E-state index in [1.165, 1.54) is 13.3 Å². The van der Waals surface area contributed by atoms with E-state index in [4.69, 9.17) is 18.9 Å². The third-order valence-corrected chi connectivity index (χ3v) is 5.23. The van der Waals surface area contributed by atoms with Crippen molar-refractivity contribution in [1.29, 1.82) is 0 Å². The van der Waals surface area contributed by atoms with Crippen LogP contribution in [0.2, 0.25) is 0 Å². The third-order valence-electron chi connectivity index (χ3n) is 5.23. The van der Waals surface area contributed by atoms with Crippen LogP contribution in [0, 0.1) is 0 Å². The van der Waals surface area contributed by atoms with Crippen molar-refractivity contribution in [2.24, 2.45) is 5.10 Å². The van der Waals surface area contributed by atoms with Crippen LogP contribution in [0.25, 0.3) is 10.8 Å². The summed E-state index contributed by atoms with van der Waals surface area (Å²) in [6.45, 7) is -0.186. The van der Waals surface area contributed by atoms with Crippen molar-refractivity contribution in [1.82, 2.24) is 5.43 Å². The van der Waals surface area contributed by atoms with E-state index < -0.39 is 11.9 Å². The highest BCUT2D eigenvalue weighted by molar-refractivity contribution is 5.92. The van der Waals surface area contributed by atoms with Gasteiger partial charge in [0.2, 0.25) is 0 Å². The summed E-state index contributed by atoms with van der Waals surface area (Å²) in [4.78, 5) is 24.6. The van der Waals surface area contributed by atoms with Gasteiger partial charge in [0.15, 0.2) is 18.1 Å². The molecule has 0 aromatic heterocycles. The Kier molecular flexibility index (Phi) is 7.77. The molecule has 0 bridgehead atoms. The molecule has 0 fully saturated rings. The number of carbonyl (C=O) groups is 2. The van der Waals surface area contributed by atoms with Crippen LogP contribution in [0.1, 0.15) is 15.9 Å². The van der Waals surface area contributed by atoms with Gasteiger partial charge >= 0.3 is 5.97 Å². The molecule has 8 heteroatoms.